The smallest absolute Gasteiger partial charge is 0.243 e. The predicted molar refractivity (Wildman–Crippen MR) is 92.2 cm³/mol. The molecule has 5 heteroatoms. The molecule has 0 atom stereocenters. The third kappa shape index (κ3) is 4.48. The fourth-order valence-corrected chi connectivity index (χ4v) is 2.99. The van der Waals surface area contributed by atoms with Crippen molar-refractivity contribution >= 4 is 44.8 Å². The molecule has 0 aliphatic carbocycles. The molecule has 0 saturated carbocycles. The Bertz CT molecular complexity index is 633. The molecule has 0 aliphatic heterocycles. The Kier molecular flexibility index (Phi) is 5.26. The number of aryl methyl sites for hydroxylation is 2. The summed E-state index contributed by atoms with van der Waals surface area (Å²) >= 11 is 9.32. The van der Waals surface area contributed by atoms with Gasteiger partial charge in [-0.05, 0) is 71.2 Å². The van der Waals surface area contributed by atoms with Crippen molar-refractivity contribution in [1.82, 2.24) is 0 Å². The largest absolute Gasteiger partial charge is 0.375 e. The van der Waals surface area contributed by atoms with Crippen LogP contribution in [0.4, 0.5) is 11.4 Å². The Labute approximate surface area is 137 Å². The summed E-state index contributed by atoms with van der Waals surface area (Å²) in [6, 6.07) is 11.1. The molecule has 3 nitrogen and oxygen atoms in total. The van der Waals surface area contributed by atoms with E-state index in [-0.39, 0.29) is 12.5 Å². The van der Waals surface area contributed by atoms with E-state index in [9.17, 15) is 4.79 Å². The molecule has 110 valence electrons. The van der Waals surface area contributed by atoms with Crippen LogP contribution in [0.25, 0.3) is 0 Å². The number of hydrogen-bond acceptors (Lipinski definition) is 2. The molecule has 21 heavy (non-hydrogen) atoms. The maximum atomic E-state index is 11.9. The number of rotatable bonds is 4. The van der Waals surface area contributed by atoms with Crippen molar-refractivity contribution < 1.29 is 4.79 Å². The van der Waals surface area contributed by atoms with Crippen molar-refractivity contribution in [3.63, 3.8) is 0 Å². The van der Waals surface area contributed by atoms with E-state index in [4.69, 9.17) is 11.6 Å². The van der Waals surface area contributed by atoms with E-state index in [1.165, 1.54) is 5.56 Å². The summed E-state index contributed by atoms with van der Waals surface area (Å²) in [6.45, 7) is 4.25. The molecular formula is C16H16BrClN2O. The number of hydrogen-bond donors (Lipinski definition) is 2. The molecule has 0 bridgehead atoms. The zero-order valence-corrected chi connectivity index (χ0v) is 14.2. The highest BCUT2D eigenvalue weighted by molar-refractivity contribution is 9.10. The van der Waals surface area contributed by atoms with Crippen molar-refractivity contribution in [1.29, 1.82) is 0 Å². The number of halogens is 2. The van der Waals surface area contributed by atoms with Gasteiger partial charge in [0, 0.05) is 15.2 Å². The first kappa shape index (κ1) is 15.9. The number of amides is 1. The minimum atomic E-state index is -0.107. The van der Waals surface area contributed by atoms with Crippen LogP contribution in [0.15, 0.2) is 40.9 Å². The molecule has 0 unspecified atom stereocenters. The first-order valence-corrected chi connectivity index (χ1v) is 7.69. The van der Waals surface area contributed by atoms with Gasteiger partial charge in [-0.15, -0.1) is 0 Å². The number of nitrogens with one attached hydrogen (secondary N) is 2. The van der Waals surface area contributed by atoms with Crippen LogP contribution in [0.5, 0.6) is 0 Å². The van der Waals surface area contributed by atoms with E-state index < -0.39 is 0 Å². The predicted octanol–water partition coefficient (Wildman–Crippen LogP) is 4.77. The second kappa shape index (κ2) is 6.96. The zero-order valence-electron chi connectivity index (χ0n) is 11.8. The van der Waals surface area contributed by atoms with E-state index in [1.54, 1.807) is 24.3 Å². The average Bonchev–Trinajstić information content (AvgIpc) is 2.40. The maximum Gasteiger partial charge on any atom is 0.243 e. The molecule has 0 aromatic heterocycles. The highest BCUT2D eigenvalue weighted by atomic mass is 79.9. The molecule has 1 amide bonds. The molecule has 0 saturated heterocycles. The third-order valence-corrected chi connectivity index (χ3v) is 3.86. The Morgan fingerprint density at radius 3 is 2.48 bits per heavy atom. The lowest BCUT2D eigenvalue weighted by molar-refractivity contribution is -0.114. The Morgan fingerprint density at radius 2 is 1.86 bits per heavy atom. The molecule has 2 aromatic carbocycles. The summed E-state index contributed by atoms with van der Waals surface area (Å²) in [5.41, 5.74) is 3.94. The number of carbonyl (C=O) groups excluding carboxylic acids is 1. The summed E-state index contributed by atoms with van der Waals surface area (Å²) in [5.74, 6) is -0.107. The summed E-state index contributed by atoms with van der Waals surface area (Å²) in [6.07, 6.45) is 0. The fourth-order valence-electron chi connectivity index (χ4n) is 2.05. The first-order valence-electron chi connectivity index (χ1n) is 6.52. The summed E-state index contributed by atoms with van der Waals surface area (Å²) in [7, 11) is 0. The van der Waals surface area contributed by atoms with Gasteiger partial charge in [0.05, 0.1) is 12.2 Å². The van der Waals surface area contributed by atoms with Gasteiger partial charge in [0.25, 0.3) is 0 Å². The second-order valence-electron chi connectivity index (χ2n) is 4.85. The average molecular weight is 368 g/mol. The lowest BCUT2D eigenvalue weighted by atomic mass is 10.1. The van der Waals surface area contributed by atoms with E-state index >= 15 is 0 Å². The molecule has 0 fully saturated rings. The van der Waals surface area contributed by atoms with Crippen molar-refractivity contribution in [3.05, 3.63) is 57.0 Å². The van der Waals surface area contributed by atoms with Crippen LogP contribution in [-0.2, 0) is 4.79 Å². The van der Waals surface area contributed by atoms with Crippen molar-refractivity contribution in [2.45, 2.75) is 13.8 Å². The molecule has 0 radical (unpaired) electrons. The monoisotopic (exact) mass is 366 g/mol. The number of benzene rings is 2. The molecule has 0 spiro atoms. The van der Waals surface area contributed by atoms with Gasteiger partial charge in [0.15, 0.2) is 0 Å². The molecule has 2 aromatic rings. The Balaban J connectivity index is 1.97. The summed E-state index contributed by atoms with van der Waals surface area (Å²) < 4.78 is 0.958. The highest BCUT2D eigenvalue weighted by Crippen LogP contribution is 2.27. The molecule has 2 rings (SSSR count). The van der Waals surface area contributed by atoms with Gasteiger partial charge in [0.2, 0.25) is 5.91 Å². The highest BCUT2D eigenvalue weighted by Gasteiger charge is 2.07. The zero-order chi connectivity index (χ0) is 15.4. The van der Waals surface area contributed by atoms with Crippen LogP contribution >= 0.6 is 27.5 Å². The van der Waals surface area contributed by atoms with Crippen molar-refractivity contribution in [3.8, 4) is 0 Å². The van der Waals surface area contributed by atoms with Gasteiger partial charge in [-0.1, -0.05) is 17.7 Å². The van der Waals surface area contributed by atoms with Crippen molar-refractivity contribution in [2.24, 2.45) is 0 Å². The summed E-state index contributed by atoms with van der Waals surface area (Å²) in [4.78, 5) is 11.9. The number of anilines is 2. The van der Waals surface area contributed by atoms with Gasteiger partial charge in [-0.2, -0.15) is 0 Å². The quantitative estimate of drug-likeness (QED) is 0.817. The molecule has 2 N–H and O–H groups in total. The van der Waals surface area contributed by atoms with Crippen LogP contribution in [0.3, 0.4) is 0 Å². The van der Waals surface area contributed by atoms with Crippen LogP contribution in [0.2, 0.25) is 5.02 Å². The Morgan fingerprint density at radius 1 is 1.19 bits per heavy atom. The normalized spacial score (nSPS) is 10.3. The number of carbonyl (C=O) groups is 1. The van der Waals surface area contributed by atoms with E-state index in [0.29, 0.717) is 5.02 Å². The van der Waals surface area contributed by atoms with Crippen LogP contribution < -0.4 is 10.6 Å². The standard InChI is InChI=1S/C16H16BrClN2O/c1-10-7-11(2)16(14(17)8-10)19-9-15(21)20-13-5-3-12(18)4-6-13/h3-8,19H,9H2,1-2H3,(H,20,21). The van der Waals surface area contributed by atoms with Crippen LogP contribution in [0.1, 0.15) is 11.1 Å². The van der Waals surface area contributed by atoms with Gasteiger partial charge in [-0.3, -0.25) is 4.79 Å². The lowest BCUT2D eigenvalue weighted by Gasteiger charge is -2.13. The van der Waals surface area contributed by atoms with Gasteiger partial charge in [-0.25, -0.2) is 0 Å². The van der Waals surface area contributed by atoms with Crippen LogP contribution in [-0.4, -0.2) is 12.5 Å². The van der Waals surface area contributed by atoms with Gasteiger partial charge >= 0.3 is 0 Å². The first-order chi connectivity index (χ1) is 9.95. The lowest BCUT2D eigenvalue weighted by Crippen LogP contribution is -2.22. The van der Waals surface area contributed by atoms with Crippen LogP contribution in [0, 0.1) is 13.8 Å². The maximum absolute atomic E-state index is 11.9. The topological polar surface area (TPSA) is 41.1 Å². The minimum Gasteiger partial charge on any atom is -0.375 e. The molecule has 0 aliphatic rings. The van der Waals surface area contributed by atoms with Crippen molar-refractivity contribution in [2.75, 3.05) is 17.2 Å². The van der Waals surface area contributed by atoms with E-state index in [2.05, 4.69) is 32.6 Å². The van der Waals surface area contributed by atoms with E-state index in [0.717, 1.165) is 21.4 Å². The van der Waals surface area contributed by atoms with Gasteiger partial charge < -0.3 is 10.6 Å². The Hall–Kier alpha value is -1.52. The SMILES string of the molecule is Cc1cc(C)c(NCC(=O)Nc2ccc(Cl)cc2)c(Br)c1. The summed E-state index contributed by atoms with van der Waals surface area (Å²) in [5, 5.41) is 6.61. The molecular weight excluding hydrogens is 352 g/mol. The second-order valence-corrected chi connectivity index (χ2v) is 6.14. The third-order valence-electron chi connectivity index (χ3n) is 2.99. The van der Waals surface area contributed by atoms with E-state index in [1.807, 2.05) is 19.9 Å². The minimum absolute atomic E-state index is 0.107. The fraction of sp³-hybridized carbons (Fsp3) is 0.188. The molecule has 0 heterocycles. The van der Waals surface area contributed by atoms with Gasteiger partial charge in [0.1, 0.15) is 0 Å².